The molecule has 6 heteroatoms. The predicted molar refractivity (Wildman–Crippen MR) is 114 cm³/mol. The first-order chi connectivity index (χ1) is 13.8. The molecule has 3 saturated carbocycles. The molecule has 0 aromatic heterocycles. The van der Waals surface area contributed by atoms with E-state index in [1.54, 1.807) is 0 Å². The van der Waals surface area contributed by atoms with Crippen molar-refractivity contribution in [2.24, 2.45) is 29.1 Å². The van der Waals surface area contributed by atoms with Crippen LogP contribution >= 0.6 is 0 Å². The lowest BCUT2D eigenvalue weighted by Gasteiger charge is -2.56. The molecule has 3 amide bonds. The highest BCUT2D eigenvalue weighted by Crippen LogP contribution is 2.55. The van der Waals surface area contributed by atoms with Crippen LogP contribution in [0.2, 0.25) is 0 Å². The van der Waals surface area contributed by atoms with Gasteiger partial charge >= 0.3 is 6.03 Å². The van der Waals surface area contributed by atoms with Crippen molar-refractivity contribution in [3.8, 4) is 0 Å². The molecule has 7 atom stereocenters. The minimum absolute atomic E-state index is 0.0138. The number of hydrogen-bond acceptors (Lipinski definition) is 3. The Balaban J connectivity index is 1.68. The van der Waals surface area contributed by atoms with Gasteiger partial charge in [-0.1, -0.05) is 33.6 Å². The number of aliphatic hydroxyl groups is 1. The van der Waals surface area contributed by atoms with E-state index in [4.69, 9.17) is 0 Å². The van der Waals surface area contributed by atoms with Crippen molar-refractivity contribution in [3.05, 3.63) is 0 Å². The van der Waals surface area contributed by atoms with Gasteiger partial charge in [-0.25, -0.2) is 4.79 Å². The number of aliphatic hydroxyl groups excluding tert-OH is 1. The van der Waals surface area contributed by atoms with Crippen LogP contribution in [0.1, 0.15) is 79.1 Å². The van der Waals surface area contributed by atoms with E-state index in [0.29, 0.717) is 12.6 Å². The summed E-state index contributed by atoms with van der Waals surface area (Å²) in [6, 6.07) is 0.255. The third-order valence-electron chi connectivity index (χ3n) is 8.30. The maximum absolute atomic E-state index is 12.9. The summed E-state index contributed by atoms with van der Waals surface area (Å²) in [6.07, 6.45) is 7.94. The topological polar surface area (TPSA) is 90.5 Å². The van der Waals surface area contributed by atoms with Crippen LogP contribution in [0.5, 0.6) is 0 Å². The van der Waals surface area contributed by atoms with Crippen molar-refractivity contribution in [2.45, 2.75) is 97.2 Å². The van der Waals surface area contributed by atoms with E-state index >= 15 is 0 Å². The Morgan fingerprint density at radius 1 is 1.10 bits per heavy atom. The van der Waals surface area contributed by atoms with E-state index < -0.39 is 6.10 Å². The molecule has 1 unspecified atom stereocenters. The molecule has 0 radical (unpaired) electrons. The molecule has 0 aromatic carbocycles. The first-order valence-electron chi connectivity index (χ1n) is 11.8. The van der Waals surface area contributed by atoms with Crippen LogP contribution < -0.4 is 16.0 Å². The zero-order chi connectivity index (χ0) is 21.2. The third-order valence-corrected chi connectivity index (χ3v) is 8.30. The number of carbonyl (C=O) groups excluding carboxylic acids is 2. The number of hydrogen-bond donors (Lipinski definition) is 4. The summed E-state index contributed by atoms with van der Waals surface area (Å²) in [5, 5.41) is 20.6. The molecule has 0 saturated heterocycles. The fraction of sp³-hybridized carbons (Fsp3) is 0.913. The third kappa shape index (κ3) is 4.73. The van der Waals surface area contributed by atoms with Gasteiger partial charge in [-0.2, -0.15) is 0 Å². The Morgan fingerprint density at radius 2 is 1.76 bits per heavy atom. The number of urea groups is 1. The van der Waals surface area contributed by atoms with Gasteiger partial charge in [0.2, 0.25) is 5.91 Å². The molecule has 166 valence electrons. The molecule has 0 bridgehead atoms. The minimum atomic E-state index is -0.507. The van der Waals surface area contributed by atoms with Crippen molar-refractivity contribution >= 4 is 11.9 Å². The van der Waals surface area contributed by atoms with Crippen molar-refractivity contribution in [1.29, 1.82) is 0 Å². The van der Waals surface area contributed by atoms with Crippen LogP contribution in [0.3, 0.4) is 0 Å². The summed E-state index contributed by atoms with van der Waals surface area (Å²) >= 11 is 0. The van der Waals surface area contributed by atoms with Crippen molar-refractivity contribution in [1.82, 2.24) is 16.0 Å². The maximum Gasteiger partial charge on any atom is 0.315 e. The average Bonchev–Trinajstić information content (AvgIpc) is 3.17. The average molecular weight is 408 g/mol. The van der Waals surface area contributed by atoms with Gasteiger partial charge in [0.15, 0.2) is 0 Å². The largest absolute Gasteiger partial charge is 0.392 e. The molecular weight excluding hydrogens is 366 g/mol. The number of nitrogens with one attached hydrogen (secondary N) is 3. The molecule has 3 rings (SSSR count). The van der Waals surface area contributed by atoms with E-state index in [-0.39, 0.29) is 47.1 Å². The Bertz CT molecular complexity index is 592. The molecule has 0 aliphatic heterocycles. The van der Waals surface area contributed by atoms with Crippen LogP contribution in [0, 0.1) is 29.1 Å². The fourth-order valence-corrected chi connectivity index (χ4v) is 6.47. The fourth-order valence-electron chi connectivity index (χ4n) is 6.47. The van der Waals surface area contributed by atoms with Gasteiger partial charge in [-0.3, -0.25) is 4.79 Å². The van der Waals surface area contributed by atoms with E-state index in [2.05, 4.69) is 29.8 Å². The van der Waals surface area contributed by atoms with Gasteiger partial charge in [-0.05, 0) is 68.6 Å². The van der Waals surface area contributed by atoms with Crippen LogP contribution in [0.15, 0.2) is 0 Å². The Labute approximate surface area is 176 Å². The van der Waals surface area contributed by atoms with E-state index in [9.17, 15) is 14.7 Å². The second-order valence-corrected chi connectivity index (χ2v) is 10.2. The summed E-state index contributed by atoms with van der Waals surface area (Å²) in [5.41, 5.74) is 0.0798. The summed E-state index contributed by atoms with van der Waals surface area (Å²) < 4.78 is 0. The number of carbonyl (C=O) groups is 2. The molecular formula is C23H41N3O3. The lowest BCUT2D eigenvalue weighted by atomic mass is 9.51. The summed E-state index contributed by atoms with van der Waals surface area (Å²) in [4.78, 5) is 24.9. The monoisotopic (exact) mass is 407 g/mol. The van der Waals surface area contributed by atoms with E-state index in [1.165, 1.54) is 12.8 Å². The molecule has 3 aliphatic rings. The van der Waals surface area contributed by atoms with Crippen molar-refractivity contribution < 1.29 is 14.7 Å². The molecule has 3 fully saturated rings. The number of fused-ring (bicyclic) bond motifs is 1. The van der Waals surface area contributed by atoms with Crippen LogP contribution in [-0.4, -0.2) is 41.8 Å². The molecule has 4 N–H and O–H groups in total. The molecule has 0 aromatic rings. The Kier molecular flexibility index (Phi) is 7.13. The molecule has 6 nitrogen and oxygen atoms in total. The SMILES string of the molecule is CCNC(=O)N[C@H]1CC[C@]2(C)CCC([C@H](C)C(=O)NC3CCCC3)[C@H](O)[C@H]2[C@@H]1C. The molecule has 29 heavy (non-hydrogen) atoms. The highest BCUT2D eigenvalue weighted by molar-refractivity contribution is 5.79. The van der Waals surface area contributed by atoms with Crippen LogP contribution in [0.25, 0.3) is 0 Å². The molecule has 0 spiro atoms. The minimum Gasteiger partial charge on any atom is -0.392 e. The zero-order valence-electron chi connectivity index (χ0n) is 18.7. The smallest absolute Gasteiger partial charge is 0.315 e. The Hall–Kier alpha value is -1.30. The zero-order valence-corrected chi connectivity index (χ0v) is 18.7. The predicted octanol–water partition coefficient (Wildman–Crippen LogP) is 3.19. The van der Waals surface area contributed by atoms with Crippen LogP contribution in [-0.2, 0) is 4.79 Å². The van der Waals surface area contributed by atoms with Crippen molar-refractivity contribution in [3.63, 3.8) is 0 Å². The van der Waals surface area contributed by atoms with Gasteiger partial charge in [0.25, 0.3) is 0 Å². The second-order valence-electron chi connectivity index (χ2n) is 10.2. The first-order valence-corrected chi connectivity index (χ1v) is 11.8. The Morgan fingerprint density at radius 3 is 2.41 bits per heavy atom. The van der Waals surface area contributed by atoms with E-state index in [0.717, 1.165) is 38.5 Å². The normalized spacial score (nSPS) is 38.7. The van der Waals surface area contributed by atoms with Gasteiger partial charge in [0.1, 0.15) is 0 Å². The van der Waals surface area contributed by atoms with Gasteiger partial charge in [0.05, 0.1) is 6.10 Å². The van der Waals surface area contributed by atoms with Gasteiger partial charge in [-0.15, -0.1) is 0 Å². The van der Waals surface area contributed by atoms with Gasteiger partial charge in [0, 0.05) is 24.5 Å². The standard InChI is InChI=1S/C23H41N3O3/c1-5-24-22(29)26-18-11-13-23(4)12-10-17(20(27)19(23)15(18)3)14(2)21(28)25-16-8-6-7-9-16/h14-20,27H,5-13H2,1-4H3,(H,25,28)(H2,24,26,29)/t14-,15+,17?,18-,19+,20-,23-/m0/s1. The highest BCUT2D eigenvalue weighted by atomic mass is 16.3. The lowest BCUT2D eigenvalue weighted by Crippen LogP contribution is -2.59. The number of rotatable bonds is 5. The van der Waals surface area contributed by atoms with E-state index in [1.807, 2.05) is 13.8 Å². The first kappa shape index (κ1) is 22.4. The van der Waals surface area contributed by atoms with Gasteiger partial charge < -0.3 is 21.1 Å². The van der Waals surface area contributed by atoms with Crippen molar-refractivity contribution in [2.75, 3.05) is 6.54 Å². The van der Waals surface area contributed by atoms with Crippen LogP contribution in [0.4, 0.5) is 4.79 Å². The molecule has 3 aliphatic carbocycles. The maximum atomic E-state index is 12.9. The quantitative estimate of drug-likeness (QED) is 0.564. The highest BCUT2D eigenvalue weighted by Gasteiger charge is 2.53. The summed E-state index contributed by atoms with van der Waals surface area (Å²) in [7, 11) is 0. The summed E-state index contributed by atoms with van der Waals surface area (Å²) in [6.45, 7) is 8.95. The number of amides is 3. The lowest BCUT2D eigenvalue weighted by molar-refractivity contribution is -0.142. The second kappa shape index (κ2) is 9.23. The molecule has 0 heterocycles. The summed E-state index contributed by atoms with van der Waals surface area (Å²) in [5.74, 6) is 0.187.